The molecule has 1 aliphatic carbocycles. The average Bonchev–Trinajstić information content (AvgIpc) is 3.21. The topological polar surface area (TPSA) is 63.1 Å². The maximum Gasteiger partial charge on any atom is 0.417 e. The number of alkyl halides is 3. The number of hydrogen-bond acceptors (Lipinski definition) is 4. The number of nitrogens with zero attached hydrogens (tertiary/aromatic N) is 4. The van der Waals surface area contributed by atoms with E-state index in [4.69, 9.17) is 0 Å². The summed E-state index contributed by atoms with van der Waals surface area (Å²) < 4.78 is 39.9. The van der Waals surface area contributed by atoms with E-state index >= 15 is 0 Å². The van der Waals surface area contributed by atoms with Crippen molar-refractivity contribution in [2.24, 2.45) is 7.05 Å². The van der Waals surface area contributed by atoms with Crippen LogP contribution in [0.1, 0.15) is 38.2 Å². The molecule has 1 aromatic carbocycles. The molecule has 6 nitrogen and oxygen atoms in total. The van der Waals surface area contributed by atoms with E-state index in [-0.39, 0.29) is 18.0 Å². The maximum absolute atomic E-state index is 12.7. The monoisotopic (exact) mass is 457 g/mol. The van der Waals surface area contributed by atoms with Gasteiger partial charge in [-0.3, -0.25) is 9.48 Å². The molecule has 1 aliphatic rings. The molecule has 1 fully saturated rings. The summed E-state index contributed by atoms with van der Waals surface area (Å²) in [5.41, 5.74) is 2.15. The van der Waals surface area contributed by atoms with Gasteiger partial charge in [-0.1, -0.05) is 12.1 Å². The van der Waals surface area contributed by atoms with Gasteiger partial charge in [0.05, 0.1) is 11.8 Å². The summed E-state index contributed by atoms with van der Waals surface area (Å²) in [6.45, 7) is 1.57. The van der Waals surface area contributed by atoms with Gasteiger partial charge in [0.2, 0.25) is 5.91 Å². The zero-order valence-electron chi connectivity index (χ0n) is 18.5. The van der Waals surface area contributed by atoms with Gasteiger partial charge in [-0.15, -0.1) is 0 Å². The Morgan fingerprint density at radius 1 is 1.03 bits per heavy atom. The van der Waals surface area contributed by atoms with E-state index in [2.05, 4.69) is 15.4 Å². The van der Waals surface area contributed by atoms with Gasteiger partial charge in [0, 0.05) is 49.7 Å². The predicted octanol–water partition coefficient (Wildman–Crippen LogP) is 5.28. The number of hydrogen-bond donors (Lipinski definition) is 1. The van der Waals surface area contributed by atoms with Crippen LogP contribution in [-0.4, -0.2) is 32.8 Å². The van der Waals surface area contributed by atoms with Crippen LogP contribution in [0.15, 0.2) is 55.0 Å². The molecule has 0 atom stereocenters. The lowest BCUT2D eigenvalue weighted by atomic mass is 9.89. The summed E-state index contributed by atoms with van der Waals surface area (Å²) in [5.74, 6) is 0.422. The second-order valence-corrected chi connectivity index (χ2v) is 8.42. The molecule has 1 N–H and O–H groups in total. The standard InChI is InChI=1S/C24H26F3N5O/c1-16(33)32(21-8-3-17(4-9-21)18-13-29-31(2)15-18)22-10-6-20(7-11-22)30-23-12-5-19(14-28-23)24(25,26)27/h3-5,8-9,12-15,20,22H,6-7,10-11H2,1-2H3,(H,28,30)/t20-,22-. The molecule has 9 heteroatoms. The Morgan fingerprint density at radius 2 is 1.73 bits per heavy atom. The summed E-state index contributed by atoms with van der Waals surface area (Å²) in [6, 6.07) is 10.5. The van der Waals surface area contributed by atoms with Crippen LogP contribution in [0.5, 0.6) is 0 Å². The molecule has 33 heavy (non-hydrogen) atoms. The third kappa shape index (κ3) is 5.35. The molecule has 0 spiro atoms. The molecule has 2 heterocycles. The molecule has 1 amide bonds. The molecule has 0 saturated heterocycles. The van der Waals surface area contributed by atoms with Crippen molar-refractivity contribution < 1.29 is 18.0 Å². The first-order valence-electron chi connectivity index (χ1n) is 10.9. The second kappa shape index (κ2) is 9.25. The molecule has 3 aromatic rings. The number of aromatic nitrogens is 3. The number of nitrogens with one attached hydrogen (secondary N) is 1. The summed E-state index contributed by atoms with van der Waals surface area (Å²) >= 11 is 0. The molecule has 0 aliphatic heterocycles. The number of pyridine rings is 1. The van der Waals surface area contributed by atoms with Crippen LogP contribution in [0, 0.1) is 0 Å². The van der Waals surface area contributed by atoms with E-state index in [1.165, 1.54) is 6.07 Å². The molecule has 0 unspecified atom stereocenters. The maximum atomic E-state index is 12.7. The Hall–Kier alpha value is -3.36. The predicted molar refractivity (Wildman–Crippen MR) is 121 cm³/mol. The Labute approximate surface area is 190 Å². The van der Waals surface area contributed by atoms with Gasteiger partial charge < -0.3 is 10.2 Å². The quantitative estimate of drug-likeness (QED) is 0.567. The molecule has 0 bridgehead atoms. The number of amides is 1. The number of benzene rings is 1. The number of carbonyl (C=O) groups excluding carboxylic acids is 1. The highest BCUT2D eigenvalue weighted by Crippen LogP contribution is 2.32. The number of anilines is 2. The van der Waals surface area contributed by atoms with Gasteiger partial charge >= 0.3 is 6.18 Å². The third-order valence-electron chi connectivity index (χ3n) is 6.03. The van der Waals surface area contributed by atoms with Crippen molar-refractivity contribution in [3.8, 4) is 11.1 Å². The van der Waals surface area contributed by atoms with Gasteiger partial charge in [-0.2, -0.15) is 18.3 Å². The normalized spacial score (nSPS) is 18.7. The highest BCUT2D eigenvalue weighted by molar-refractivity contribution is 5.92. The van der Waals surface area contributed by atoms with Crippen molar-refractivity contribution in [1.29, 1.82) is 0 Å². The first-order chi connectivity index (χ1) is 15.7. The SMILES string of the molecule is CC(=O)N(c1ccc(-c2cnn(C)c2)cc1)[C@H]1CC[C@H](Nc2ccc(C(F)(F)F)cn2)CC1. The highest BCUT2D eigenvalue weighted by Gasteiger charge is 2.31. The summed E-state index contributed by atoms with van der Waals surface area (Å²) in [6.07, 6.45) is 3.38. The lowest BCUT2D eigenvalue weighted by Crippen LogP contribution is -2.43. The Morgan fingerprint density at radius 3 is 2.24 bits per heavy atom. The van der Waals surface area contributed by atoms with Gasteiger partial charge in [0.15, 0.2) is 0 Å². The number of carbonyl (C=O) groups is 1. The molecular weight excluding hydrogens is 431 g/mol. The zero-order chi connectivity index (χ0) is 23.6. The van der Waals surface area contributed by atoms with Crippen molar-refractivity contribution in [1.82, 2.24) is 14.8 Å². The Kier molecular flexibility index (Phi) is 6.40. The van der Waals surface area contributed by atoms with Crippen molar-refractivity contribution in [3.05, 3.63) is 60.6 Å². The lowest BCUT2D eigenvalue weighted by Gasteiger charge is -2.37. The number of rotatable bonds is 5. The van der Waals surface area contributed by atoms with E-state index in [1.807, 2.05) is 42.4 Å². The zero-order valence-corrected chi connectivity index (χ0v) is 18.5. The van der Waals surface area contributed by atoms with E-state index in [1.54, 1.807) is 17.8 Å². The van der Waals surface area contributed by atoms with Gasteiger partial charge in [0.25, 0.3) is 0 Å². The summed E-state index contributed by atoms with van der Waals surface area (Å²) in [4.78, 5) is 18.2. The van der Waals surface area contributed by atoms with Crippen molar-refractivity contribution in [2.45, 2.75) is 50.9 Å². The van der Waals surface area contributed by atoms with E-state index in [0.717, 1.165) is 54.8 Å². The molecular formula is C24H26F3N5O. The van der Waals surface area contributed by atoms with Crippen LogP contribution in [0.25, 0.3) is 11.1 Å². The van der Waals surface area contributed by atoms with Gasteiger partial charge in [-0.25, -0.2) is 4.98 Å². The molecule has 2 aromatic heterocycles. The molecule has 174 valence electrons. The first kappa shape index (κ1) is 22.8. The van der Waals surface area contributed by atoms with E-state index in [9.17, 15) is 18.0 Å². The van der Waals surface area contributed by atoms with Crippen LogP contribution < -0.4 is 10.2 Å². The smallest absolute Gasteiger partial charge is 0.367 e. The average molecular weight is 458 g/mol. The van der Waals surface area contributed by atoms with Crippen LogP contribution in [0.3, 0.4) is 0 Å². The minimum absolute atomic E-state index is 0.00931. The van der Waals surface area contributed by atoms with Crippen LogP contribution in [0.4, 0.5) is 24.7 Å². The number of halogens is 3. The molecule has 1 saturated carbocycles. The second-order valence-electron chi connectivity index (χ2n) is 8.42. The molecule has 4 rings (SSSR count). The largest absolute Gasteiger partial charge is 0.417 e. The van der Waals surface area contributed by atoms with Crippen LogP contribution in [-0.2, 0) is 18.0 Å². The highest BCUT2D eigenvalue weighted by atomic mass is 19.4. The van der Waals surface area contributed by atoms with Crippen molar-refractivity contribution >= 4 is 17.4 Å². The van der Waals surface area contributed by atoms with Crippen LogP contribution in [0.2, 0.25) is 0 Å². The van der Waals surface area contributed by atoms with Crippen LogP contribution >= 0.6 is 0 Å². The fourth-order valence-electron chi connectivity index (χ4n) is 4.37. The fraction of sp³-hybridized carbons (Fsp3) is 0.375. The lowest BCUT2D eigenvalue weighted by molar-refractivity contribution is -0.137. The van der Waals surface area contributed by atoms with E-state index in [0.29, 0.717) is 5.82 Å². The van der Waals surface area contributed by atoms with Gasteiger partial charge in [0.1, 0.15) is 5.82 Å². The van der Waals surface area contributed by atoms with Gasteiger partial charge in [-0.05, 0) is 55.5 Å². The van der Waals surface area contributed by atoms with E-state index < -0.39 is 11.7 Å². The number of aryl methyl sites for hydroxylation is 1. The fourth-order valence-corrected chi connectivity index (χ4v) is 4.37. The summed E-state index contributed by atoms with van der Waals surface area (Å²) in [5, 5.41) is 7.42. The first-order valence-corrected chi connectivity index (χ1v) is 10.9. The minimum atomic E-state index is -4.39. The van der Waals surface area contributed by atoms with Crippen molar-refractivity contribution in [3.63, 3.8) is 0 Å². The molecule has 0 radical (unpaired) electrons. The Bertz CT molecular complexity index is 1080. The van der Waals surface area contributed by atoms with Crippen molar-refractivity contribution in [2.75, 3.05) is 10.2 Å². The third-order valence-corrected chi connectivity index (χ3v) is 6.03. The summed E-state index contributed by atoms with van der Waals surface area (Å²) in [7, 11) is 1.87. The minimum Gasteiger partial charge on any atom is -0.367 e. The Balaban J connectivity index is 1.38.